The first kappa shape index (κ1) is 24.1. The number of amides is 1. The molecular formula is C21H15BrCl2N2O5S. The number of carbonyl (C=O) groups excluding carboxylic acids is 1. The van der Waals surface area contributed by atoms with Gasteiger partial charge in [0.05, 0.1) is 27.8 Å². The first-order valence-electron chi connectivity index (χ1n) is 8.86. The predicted octanol–water partition coefficient (Wildman–Crippen LogP) is 5.30. The number of hydrogen-bond donors (Lipinski definition) is 1. The highest BCUT2D eigenvalue weighted by Gasteiger charge is 2.18. The molecule has 3 aromatic rings. The van der Waals surface area contributed by atoms with E-state index >= 15 is 0 Å². The minimum absolute atomic E-state index is 0.0131. The van der Waals surface area contributed by atoms with Crippen molar-refractivity contribution in [2.24, 2.45) is 5.10 Å². The fourth-order valence-corrected chi connectivity index (χ4v) is 4.27. The van der Waals surface area contributed by atoms with Crippen molar-refractivity contribution in [3.63, 3.8) is 0 Å². The zero-order chi connectivity index (χ0) is 23.3. The zero-order valence-electron chi connectivity index (χ0n) is 16.4. The van der Waals surface area contributed by atoms with Crippen LogP contribution in [-0.2, 0) is 10.1 Å². The number of carbonyl (C=O) groups is 1. The van der Waals surface area contributed by atoms with E-state index in [9.17, 15) is 13.2 Å². The average molecular weight is 558 g/mol. The SMILES string of the molecule is COc1ccc(S(=O)(=O)Oc2ccc(/C=N\NC(=O)c3ccc(Cl)c(Cl)c3)cc2Br)cc1. The number of benzene rings is 3. The van der Waals surface area contributed by atoms with Crippen molar-refractivity contribution in [3.8, 4) is 11.5 Å². The first-order valence-corrected chi connectivity index (χ1v) is 11.8. The average Bonchev–Trinajstić information content (AvgIpc) is 2.77. The normalized spacial score (nSPS) is 11.4. The molecule has 0 saturated heterocycles. The molecule has 1 N–H and O–H groups in total. The summed E-state index contributed by atoms with van der Waals surface area (Å²) >= 11 is 15.0. The van der Waals surface area contributed by atoms with Gasteiger partial charge in [-0.3, -0.25) is 4.79 Å². The fourth-order valence-electron chi connectivity index (χ4n) is 2.44. The van der Waals surface area contributed by atoms with Crippen molar-refractivity contribution in [1.29, 1.82) is 0 Å². The molecule has 1 amide bonds. The smallest absolute Gasteiger partial charge is 0.339 e. The van der Waals surface area contributed by atoms with E-state index in [1.807, 2.05) is 0 Å². The Morgan fingerprint density at radius 2 is 1.75 bits per heavy atom. The minimum atomic E-state index is -4.04. The largest absolute Gasteiger partial charge is 0.497 e. The Hall–Kier alpha value is -2.59. The van der Waals surface area contributed by atoms with Gasteiger partial charge in [-0.2, -0.15) is 13.5 Å². The molecule has 0 unspecified atom stereocenters. The molecule has 0 atom stereocenters. The molecule has 11 heteroatoms. The van der Waals surface area contributed by atoms with Crippen LogP contribution in [0.3, 0.4) is 0 Å². The summed E-state index contributed by atoms with van der Waals surface area (Å²) in [5.74, 6) is 0.155. The van der Waals surface area contributed by atoms with Crippen molar-refractivity contribution >= 4 is 61.4 Å². The molecule has 32 heavy (non-hydrogen) atoms. The van der Waals surface area contributed by atoms with E-state index < -0.39 is 16.0 Å². The Bertz CT molecular complexity index is 1280. The number of halogens is 3. The Labute approximate surface area is 203 Å². The van der Waals surface area contributed by atoms with Crippen LogP contribution in [-0.4, -0.2) is 27.6 Å². The lowest BCUT2D eigenvalue weighted by Gasteiger charge is -2.09. The van der Waals surface area contributed by atoms with Crippen LogP contribution in [0.2, 0.25) is 10.0 Å². The van der Waals surface area contributed by atoms with Gasteiger partial charge in [0.15, 0.2) is 5.75 Å². The third-order valence-corrected chi connectivity index (χ3v) is 6.67. The quantitative estimate of drug-likeness (QED) is 0.242. The Morgan fingerprint density at radius 3 is 2.38 bits per heavy atom. The van der Waals surface area contributed by atoms with Crippen molar-refractivity contribution in [2.75, 3.05) is 7.11 Å². The topological polar surface area (TPSA) is 94.1 Å². The molecule has 0 saturated carbocycles. The van der Waals surface area contributed by atoms with Crippen molar-refractivity contribution < 1.29 is 22.1 Å². The van der Waals surface area contributed by atoms with E-state index in [-0.39, 0.29) is 15.7 Å². The number of hydrogen-bond acceptors (Lipinski definition) is 6. The molecule has 0 bridgehead atoms. The molecule has 3 rings (SSSR count). The standard InChI is InChI=1S/C21H15BrCl2N2O5S/c1-30-15-4-6-16(7-5-15)32(28,29)31-20-9-2-13(10-17(20)22)12-25-26-21(27)14-3-8-18(23)19(24)11-14/h2-12H,1H3,(H,26,27)/b25-12-. The van der Waals surface area contributed by atoms with Crippen LogP contribution in [0.4, 0.5) is 0 Å². The zero-order valence-corrected chi connectivity index (χ0v) is 20.3. The Kier molecular flexibility index (Phi) is 7.78. The van der Waals surface area contributed by atoms with Crippen LogP contribution in [0.1, 0.15) is 15.9 Å². The van der Waals surface area contributed by atoms with Gasteiger partial charge in [-0.15, -0.1) is 0 Å². The van der Waals surface area contributed by atoms with Crippen LogP contribution < -0.4 is 14.3 Å². The van der Waals surface area contributed by atoms with Gasteiger partial charge < -0.3 is 8.92 Å². The third kappa shape index (κ3) is 6.01. The molecule has 0 heterocycles. The van der Waals surface area contributed by atoms with E-state index in [1.165, 1.54) is 61.9 Å². The molecular weight excluding hydrogens is 543 g/mol. The van der Waals surface area contributed by atoms with Gasteiger partial charge in [-0.1, -0.05) is 23.2 Å². The van der Waals surface area contributed by atoms with E-state index in [4.69, 9.17) is 32.1 Å². The molecule has 0 spiro atoms. The first-order chi connectivity index (χ1) is 15.2. The highest BCUT2D eigenvalue weighted by atomic mass is 79.9. The van der Waals surface area contributed by atoms with Crippen LogP contribution in [0.15, 0.2) is 75.1 Å². The summed E-state index contributed by atoms with van der Waals surface area (Å²) in [5.41, 5.74) is 3.25. The van der Waals surface area contributed by atoms with Gasteiger partial charge in [0, 0.05) is 5.56 Å². The highest BCUT2D eigenvalue weighted by molar-refractivity contribution is 9.10. The van der Waals surface area contributed by atoms with E-state index in [1.54, 1.807) is 12.1 Å². The lowest BCUT2D eigenvalue weighted by atomic mass is 10.2. The van der Waals surface area contributed by atoms with Crippen LogP contribution in [0.5, 0.6) is 11.5 Å². The molecule has 0 aromatic heterocycles. The summed E-state index contributed by atoms with van der Waals surface area (Å²) in [6, 6.07) is 14.9. The summed E-state index contributed by atoms with van der Waals surface area (Å²) < 4.78 is 35.6. The highest BCUT2D eigenvalue weighted by Crippen LogP contribution is 2.29. The van der Waals surface area contributed by atoms with Gasteiger partial charge in [0.25, 0.3) is 5.91 Å². The Balaban J connectivity index is 1.67. The summed E-state index contributed by atoms with van der Waals surface area (Å²) in [6.07, 6.45) is 1.39. The molecule has 0 radical (unpaired) electrons. The van der Waals surface area contributed by atoms with E-state index in [0.29, 0.717) is 26.4 Å². The van der Waals surface area contributed by atoms with Crippen LogP contribution in [0.25, 0.3) is 0 Å². The van der Waals surface area contributed by atoms with Gasteiger partial charge >= 0.3 is 10.1 Å². The molecule has 166 valence electrons. The lowest BCUT2D eigenvalue weighted by Crippen LogP contribution is -2.17. The van der Waals surface area contributed by atoms with Gasteiger partial charge in [0.1, 0.15) is 10.6 Å². The number of methoxy groups -OCH3 is 1. The molecule has 0 aliphatic carbocycles. The number of nitrogens with one attached hydrogen (secondary N) is 1. The third-order valence-electron chi connectivity index (χ3n) is 4.07. The molecule has 0 fully saturated rings. The molecule has 0 aliphatic rings. The fraction of sp³-hybridized carbons (Fsp3) is 0.0476. The second kappa shape index (κ2) is 10.4. The number of ether oxygens (including phenoxy) is 1. The maximum absolute atomic E-state index is 12.5. The molecule has 3 aromatic carbocycles. The lowest BCUT2D eigenvalue weighted by molar-refractivity contribution is 0.0955. The van der Waals surface area contributed by atoms with E-state index in [0.717, 1.165) is 0 Å². The predicted molar refractivity (Wildman–Crippen MR) is 126 cm³/mol. The van der Waals surface area contributed by atoms with Crippen LogP contribution >= 0.6 is 39.1 Å². The summed E-state index contributed by atoms with van der Waals surface area (Å²) in [4.78, 5) is 12.1. The Morgan fingerprint density at radius 1 is 1.03 bits per heavy atom. The maximum Gasteiger partial charge on any atom is 0.339 e. The van der Waals surface area contributed by atoms with Crippen LogP contribution in [0, 0.1) is 0 Å². The van der Waals surface area contributed by atoms with Crippen molar-refractivity contribution in [1.82, 2.24) is 5.43 Å². The molecule has 7 nitrogen and oxygen atoms in total. The summed E-state index contributed by atoms with van der Waals surface area (Å²) in [7, 11) is -2.55. The summed E-state index contributed by atoms with van der Waals surface area (Å²) in [6.45, 7) is 0. The number of rotatable bonds is 7. The van der Waals surface area contributed by atoms with Gasteiger partial charge in [-0.25, -0.2) is 5.43 Å². The molecule has 0 aliphatic heterocycles. The monoisotopic (exact) mass is 556 g/mol. The number of nitrogens with zero attached hydrogens (tertiary/aromatic N) is 1. The second-order valence-corrected chi connectivity index (χ2v) is 9.45. The van der Waals surface area contributed by atoms with Gasteiger partial charge in [0.2, 0.25) is 0 Å². The van der Waals surface area contributed by atoms with Gasteiger partial charge in [-0.05, 0) is 82.2 Å². The minimum Gasteiger partial charge on any atom is -0.497 e. The maximum atomic E-state index is 12.5. The van der Waals surface area contributed by atoms with Crippen molar-refractivity contribution in [2.45, 2.75) is 4.90 Å². The number of hydrazone groups is 1. The summed E-state index contributed by atoms with van der Waals surface area (Å²) in [5, 5.41) is 4.48. The second-order valence-electron chi connectivity index (χ2n) is 6.23. The van der Waals surface area contributed by atoms with E-state index in [2.05, 4.69) is 26.5 Å². The van der Waals surface area contributed by atoms with Crippen molar-refractivity contribution in [3.05, 3.63) is 86.3 Å².